The van der Waals surface area contributed by atoms with Gasteiger partial charge in [-0.2, -0.15) is 0 Å². The molecule has 0 N–H and O–H groups in total. The Kier molecular flexibility index (Phi) is 8.60. The fourth-order valence-corrected chi connectivity index (χ4v) is 6.70. The molecule has 0 fully saturated rings. The van der Waals surface area contributed by atoms with E-state index >= 15 is 0 Å². The molecule has 38 heavy (non-hydrogen) atoms. The normalized spacial score (nSPS) is 13.8. The number of rotatable bonds is 12. The third-order valence-electron chi connectivity index (χ3n) is 8.75. The second kappa shape index (κ2) is 11.9. The lowest BCUT2D eigenvalue weighted by Crippen LogP contribution is -2.10. The summed E-state index contributed by atoms with van der Waals surface area (Å²) in [6.45, 7) is 11.3. The summed E-state index contributed by atoms with van der Waals surface area (Å²) in [5.41, 5.74) is 5.14. The first-order valence-corrected chi connectivity index (χ1v) is 15.6. The Morgan fingerprint density at radius 1 is 0.553 bits per heavy atom. The van der Waals surface area contributed by atoms with Crippen molar-refractivity contribution in [3.05, 3.63) is 58.6 Å². The van der Waals surface area contributed by atoms with Gasteiger partial charge in [0.2, 0.25) is 0 Å². The van der Waals surface area contributed by atoms with Crippen LogP contribution in [0.25, 0.3) is 43.6 Å². The van der Waals surface area contributed by atoms with Crippen LogP contribution in [0.5, 0.6) is 0 Å². The molecule has 0 spiro atoms. The molecule has 202 valence electrons. The van der Waals surface area contributed by atoms with E-state index in [9.17, 15) is 0 Å². The largest absolute Gasteiger partial charge is 0.340 e. The highest BCUT2D eigenvalue weighted by molar-refractivity contribution is 6.32. The van der Waals surface area contributed by atoms with E-state index in [0.717, 1.165) is 23.1 Å². The molecule has 2 atom stereocenters. The standard InChI is InChI=1S/C34H42Cl2N2/c1-5-9-11-23(7-3)21-37-31-17-25(35)13-15-27(31)29-20-34-30(19-33(29)37)28-16-14-26(36)18-32(28)38(34)22-24(8-4)12-10-6-2/h13-20,23-24H,5-12,21-22H2,1-4H3. The van der Waals surface area contributed by atoms with E-state index in [4.69, 9.17) is 23.2 Å². The molecule has 2 nitrogen and oxygen atoms in total. The predicted octanol–water partition coefficient (Wildman–Crippen LogP) is 11.6. The van der Waals surface area contributed by atoms with Crippen molar-refractivity contribution in [3.8, 4) is 0 Å². The fraction of sp³-hybridized carbons (Fsp3) is 0.471. The van der Waals surface area contributed by atoms with Gasteiger partial charge >= 0.3 is 0 Å². The topological polar surface area (TPSA) is 9.86 Å². The second-order valence-corrected chi connectivity index (χ2v) is 12.1. The molecule has 0 aliphatic heterocycles. The van der Waals surface area contributed by atoms with Gasteiger partial charge in [0.1, 0.15) is 0 Å². The quantitative estimate of drug-likeness (QED) is 0.146. The number of hydrogen-bond acceptors (Lipinski definition) is 0. The van der Waals surface area contributed by atoms with Gasteiger partial charge in [-0.3, -0.25) is 0 Å². The summed E-state index contributed by atoms with van der Waals surface area (Å²) in [5, 5.41) is 6.85. The minimum Gasteiger partial charge on any atom is -0.340 e. The van der Waals surface area contributed by atoms with Gasteiger partial charge in [0, 0.05) is 55.7 Å². The fourth-order valence-electron chi connectivity index (χ4n) is 6.37. The van der Waals surface area contributed by atoms with Crippen LogP contribution in [-0.4, -0.2) is 9.13 Å². The van der Waals surface area contributed by atoms with Crippen molar-refractivity contribution in [1.29, 1.82) is 0 Å². The summed E-state index contributed by atoms with van der Waals surface area (Å²) in [4.78, 5) is 0. The number of halogens is 2. The SMILES string of the molecule is CCCCC(CC)Cn1c2cc(Cl)ccc2c2cc3c(cc21)c1ccc(Cl)cc1n3CC(CC)CCCC. The first-order chi connectivity index (χ1) is 18.5. The first kappa shape index (κ1) is 27.4. The summed E-state index contributed by atoms with van der Waals surface area (Å²) in [7, 11) is 0. The number of nitrogens with zero attached hydrogens (tertiary/aromatic N) is 2. The predicted molar refractivity (Wildman–Crippen MR) is 169 cm³/mol. The molecule has 2 aromatic heterocycles. The molecule has 0 aliphatic carbocycles. The Balaban J connectivity index is 1.76. The van der Waals surface area contributed by atoms with Crippen molar-refractivity contribution in [2.45, 2.75) is 92.2 Å². The van der Waals surface area contributed by atoms with Crippen LogP contribution in [-0.2, 0) is 13.1 Å². The maximum Gasteiger partial charge on any atom is 0.0506 e. The van der Waals surface area contributed by atoms with Gasteiger partial charge in [-0.15, -0.1) is 0 Å². The maximum absolute atomic E-state index is 6.56. The Hall–Kier alpha value is -2.16. The van der Waals surface area contributed by atoms with Gasteiger partial charge in [-0.05, 0) is 61.1 Å². The van der Waals surface area contributed by atoms with Crippen molar-refractivity contribution in [3.63, 3.8) is 0 Å². The molecule has 0 saturated carbocycles. The monoisotopic (exact) mass is 548 g/mol. The lowest BCUT2D eigenvalue weighted by molar-refractivity contribution is 0.400. The van der Waals surface area contributed by atoms with E-state index < -0.39 is 0 Å². The molecule has 0 amide bonds. The zero-order valence-electron chi connectivity index (χ0n) is 23.5. The van der Waals surface area contributed by atoms with E-state index in [1.54, 1.807) is 0 Å². The third-order valence-corrected chi connectivity index (χ3v) is 9.22. The van der Waals surface area contributed by atoms with Gasteiger partial charge in [0.25, 0.3) is 0 Å². The van der Waals surface area contributed by atoms with Crippen molar-refractivity contribution in [1.82, 2.24) is 9.13 Å². The highest BCUT2D eigenvalue weighted by atomic mass is 35.5. The summed E-state index contributed by atoms with van der Waals surface area (Å²) in [6.07, 6.45) is 9.98. The van der Waals surface area contributed by atoms with Crippen LogP contribution in [0.4, 0.5) is 0 Å². The molecule has 4 heteroatoms. The summed E-state index contributed by atoms with van der Waals surface area (Å²) in [5.74, 6) is 1.32. The Labute approximate surface area is 237 Å². The molecular weight excluding hydrogens is 507 g/mol. The lowest BCUT2D eigenvalue weighted by atomic mass is 9.99. The molecule has 0 saturated heterocycles. The maximum atomic E-state index is 6.56. The number of hydrogen-bond donors (Lipinski definition) is 0. The molecule has 5 rings (SSSR count). The minimum absolute atomic E-state index is 0.660. The van der Waals surface area contributed by atoms with Gasteiger partial charge in [-0.25, -0.2) is 0 Å². The van der Waals surface area contributed by atoms with Crippen molar-refractivity contribution in [2.75, 3.05) is 0 Å². The molecule has 2 heterocycles. The van der Waals surface area contributed by atoms with Crippen LogP contribution in [0.3, 0.4) is 0 Å². The van der Waals surface area contributed by atoms with Crippen LogP contribution in [0.1, 0.15) is 79.1 Å². The van der Waals surface area contributed by atoms with E-state index in [1.807, 2.05) is 12.1 Å². The summed E-state index contributed by atoms with van der Waals surface area (Å²) in [6, 6.07) is 17.7. The van der Waals surface area contributed by atoms with Crippen LogP contribution in [0.15, 0.2) is 48.5 Å². The lowest BCUT2D eigenvalue weighted by Gasteiger charge is -2.18. The first-order valence-electron chi connectivity index (χ1n) is 14.8. The van der Waals surface area contributed by atoms with Gasteiger partial charge in [-0.1, -0.05) is 102 Å². The van der Waals surface area contributed by atoms with Crippen molar-refractivity contribution >= 4 is 66.8 Å². The third kappa shape index (κ3) is 5.19. The molecule has 0 radical (unpaired) electrons. The average Bonchev–Trinajstić information content (AvgIpc) is 3.38. The van der Waals surface area contributed by atoms with Crippen LogP contribution >= 0.6 is 23.2 Å². The van der Waals surface area contributed by atoms with Crippen LogP contribution in [0, 0.1) is 11.8 Å². The van der Waals surface area contributed by atoms with Crippen molar-refractivity contribution in [2.24, 2.45) is 11.8 Å². The summed E-state index contributed by atoms with van der Waals surface area (Å²) < 4.78 is 5.10. The Morgan fingerprint density at radius 3 is 1.32 bits per heavy atom. The second-order valence-electron chi connectivity index (χ2n) is 11.3. The van der Waals surface area contributed by atoms with E-state index in [0.29, 0.717) is 11.8 Å². The van der Waals surface area contributed by atoms with Gasteiger partial charge < -0.3 is 9.13 Å². The van der Waals surface area contributed by atoms with E-state index in [-0.39, 0.29) is 0 Å². The number of benzene rings is 3. The van der Waals surface area contributed by atoms with Gasteiger partial charge in [0.05, 0.1) is 11.0 Å². The zero-order chi connectivity index (χ0) is 26.8. The number of unbranched alkanes of at least 4 members (excludes halogenated alkanes) is 2. The highest BCUT2D eigenvalue weighted by Crippen LogP contribution is 2.39. The summed E-state index contributed by atoms with van der Waals surface area (Å²) >= 11 is 13.1. The molecule has 0 aliphatic rings. The van der Waals surface area contributed by atoms with Crippen LogP contribution < -0.4 is 0 Å². The van der Waals surface area contributed by atoms with Gasteiger partial charge in [0.15, 0.2) is 0 Å². The number of aromatic nitrogens is 2. The van der Waals surface area contributed by atoms with Crippen LogP contribution in [0.2, 0.25) is 10.0 Å². The smallest absolute Gasteiger partial charge is 0.0506 e. The molecule has 0 bridgehead atoms. The number of fused-ring (bicyclic) bond motifs is 6. The zero-order valence-corrected chi connectivity index (χ0v) is 25.0. The molecule has 3 aromatic carbocycles. The molecule has 2 unspecified atom stereocenters. The molecule has 5 aromatic rings. The molecular formula is C34H42Cl2N2. The Bertz CT molecular complexity index is 1440. The average molecular weight is 550 g/mol. The van der Waals surface area contributed by atoms with E-state index in [1.165, 1.54) is 95.0 Å². The highest BCUT2D eigenvalue weighted by Gasteiger charge is 2.20. The van der Waals surface area contributed by atoms with Crippen molar-refractivity contribution < 1.29 is 0 Å². The minimum atomic E-state index is 0.660. The van der Waals surface area contributed by atoms with E-state index in [2.05, 4.69) is 73.2 Å². The Morgan fingerprint density at radius 2 is 0.947 bits per heavy atom.